The van der Waals surface area contributed by atoms with Gasteiger partial charge in [0.15, 0.2) is 11.5 Å². The summed E-state index contributed by atoms with van der Waals surface area (Å²) in [5.41, 5.74) is 2.19. The molecule has 0 bridgehead atoms. The Morgan fingerprint density at radius 3 is 2.03 bits per heavy atom. The van der Waals surface area contributed by atoms with Gasteiger partial charge in [-0.05, 0) is 38.3 Å². The molecule has 0 radical (unpaired) electrons. The van der Waals surface area contributed by atoms with Gasteiger partial charge in [0.2, 0.25) is 5.78 Å². The molecule has 0 saturated carbocycles. The van der Waals surface area contributed by atoms with Crippen LogP contribution in [0.3, 0.4) is 0 Å². The Labute approximate surface area is 172 Å². The number of Topliss-reactive ketones (excluding diaryl/α,β-unsaturated/α-hetero) is 2. The second-order valence-electron chi connectivity index (χ2n) is 7.56. The van der Waals surface area contributed by atoms with Crippen molar-refractivity contribution >= 4 is 11.6 Å². The summed E-state index contributed by atoms with van der Waals surface area (Å²) in [5, 5.41) is 10.2. The molecule has 4 heteroatoms. The first-order valence-corrected chi connectivity index (χ1v) is 10.4. The first-order valence-electron chi connectivity index (χ1n) is 10.4. The molecule has 0 aliphatic heterocycles. The van der Waals surface area contributed by atoms with E-state index in [9.17, 15) is 14.7 Å². The van der Waals surface area contributed by atoms with Crippen LogP contribution in [0.25, 0.3) is 0 Å². The lowest BCUT2D eigenvalue weighted by molar-refractivity contribution is 0.0926. The van der Waals surface area contributed by atoms with E-state index in [1.165, 1.54) is 5.56 Å². The van der Waals surface area contributed by atoms with Gasteiger partial charge in [0.05, 0.1) is 6.61 Å². The third-order valence-electron chi connectivity index (χ3n) is 5.30. The van der Waals surface area contributed by atoms with Crippen LogP contribution in [0.5, 0.6) is 5.75 Å². The van der Waals surface area contributed by atoms with Crippen LogP contribution in [-0.4, -0.2) is 23.3 Å². The highest BCUT2D eigenvalue weighted by Gasteiger charge is 2.31. The maximum absolute atomic E-state index is 12.6. The first kappa shape index (κ1) is 20.8. The van der Waals surface area contributed by atoms with Crippen molar-refractivity contribution in [2.75, 3.05) is 6.61 Å². The van der Waals surface area contributed by atoms with Crippen molar-refractivity contribution in [1.29, 1.82) is 0 Å². The Morgan fingerprint density at radius 2 is 1.34 bits per heavy atom. The van der Waals surface area contributed by atoms with Gasteiger partial charge in [-0.1, -0.05) is 67.6 Å². The van der Waals surface area contributed by atoms with Crippen molar-refractivity contribution in [3.63, 3.8) is 0 Å². The fourth-order valence-corrected chi connectivity index (χ4v) is 3.58. The highest BCUT2D eigenvalue weighted by molar-refractivity contribution is 6.25. The number of benzene rings is 2. The normalized spacial score (nSPS) is 13.6. The molecule has 1 aliphatic rings. The molecule has 29 heavy (non-hydrogen) atoms. The maximum atomic E-state index is 12.6. The highest BCUT2D eigenvalue weighted by atomic mass is 16.5. The summed E-state index contributed by atoms with van der Waals surface area (Å²) in [5.74, 6) is -0.117. The number of rotatable bonds is 10. The van der Waals surface area contributed by atoms with Gasteiger partial charge in [-0.2, -0.15) is 0 Å². The van der Waals surface area contributed by atoms with E-state index in [-0.39, 0.29) is 17.1 Å². The zero-order valence-corrected chi connectivity index (χ0v) is 16.9. The minimum absolute atomic E-state index is 0.217. The molecule has 2 aromatic carbocycles. The molecule has 0 saturated heterocycles. The van der Waals surface area contributed by atoms with E-state index in [1.54, 1.807) is 24.3 Å². The molecule has 1 aliphatic carbocycles. The van der Waals surface area contributed by atoms with Crippen LogP contribution in [0.2, 0.25) is 0 Å². The third kappa shape index (κ3) is 5.35. The summed E-state index contributed by atoms with van der Waals surface area (Å²) in [6, 6.07) is 14.8. The zero-order chi connectivity index (χ0) is 20.6. The summed E-state index contributed by atoms with van der Waals surface area (Å²) >= 11 is 0. The summed E-state index contributed by atoms with van der Waals surface area (Å²) in [6.07, 6.45) is 6.50. The van der Waals surface area contributed by atoms with E-state index in [2.05, 4.69) is 6.92 Å². The molecule has 152 valence electrons. The number of ketones is 2. The van der Waals surface area contributed by atoms with Crippen LogP contribution >= 0.6 is 0 Å². The number of aliphatic hydroxyl groups is 1. The van der Waals surface area contributed by atoms with E-state index in [4.69, 9.17) is 4.74 Å². The molecule has 2 aromatic rings. The molecule has 1 N–H and O–H groups in total. The number of aryl methyl sites for hydroxylation is 1. The van der Waals surface area contributed by atoms with E-state index in [0.29, 0.717) is 17.5 Å². The predicted molar refractivity (Wildman–Crippen MR) is 114 cm³/mol. The minimum Gasteiger partial charge on any atom is -0.504 e. The van der Waals surface area contributed by atoms with Crippen LogP contribution < -0.4 is 4.74 Å². The Bertz CT molecular complexity index is 893. The van der Waals surface area contributed by atoms with Crippen molar-refractivity contribution in [3.8, 4) is 5.75 Å². The average molecular weight is 392 g/mol. The fraction of sp³-hybridized carbons (Fsp3) is 0.360. The molecule has 0 fully saturated rings. The molecule has 0 unspecified atom stereocenters. The van der Waals surface area contributed by atoms with Gasteiger partial charge >= 0.3 is 0 Å². The quantitative estimate of drug-likeness (QED) is 0.504. The van der Waals surface area contributed by atoms with Gasteiger partial charge in [0, 0.05) is 16.7 Å². The van der Waals surface area contributed by atoms with Crippen molar-refractivity contribution in [1.82, 2.24) is 0 Å². The van der Waals surface area contributed by atoms with E-state index >= 15 is 0 Å². The highest BCUT2D eigenvalue weighted by Crippen LogP contribution is 2.28. The Hall–Kier alpha value is -2.88. The summed E-state index contributed by atoms with van der Waals surface area (Å²) in [7, 11) is 0. The van der Waals surface area contributed by atoms with Gasteiger partial charge in [-0.3, -0.25) is 9.59 Å². The van der Waals surface area contributed by atoms with Crippen LogP contribution in [-0.2, 0) is 0 Å². The fourth-order valence-electron chi connectivity index (χ4n) is 3.58. The number of ether oxygens (including phenoxy) is 1. The first-order chi connectivity index (χ1) is 14.1. The van der Waals surface area contributed by atoms with Crippen molar-refractivity contribution in [2.45, 2.75) is 51.9 Å². The number of hydrogen-bond donors (Lipinski definition) is 1. The second-order valence-corrected chi connectivity index (χ2v) is 7.56. The molecule has 0 amide bonds. The maximum Gasteiger partial charge on any atom is 0.228 e. The van der Waals surface area contributed by atoms with Gasteiger partial charge < -0.3 is 9.84 Å². The molecular weight excluding hydrogens is 364 g/mol. The van der Waals surface area contributed by atoms with E-state index in [1.807, 2.05) is 24.3 Å². The van der Waals surface area contributed by atoms with Crippen molar-refractivity contribution < 1.29 is 19.4 Å². The molecule has 4 nitrogen and oxygen atoms in total. The summed E-state index contributed by atoms with van der Waals surface area (Å²) in [6.45, 7) is 2.78. The van der Waals surface area contributed by atoms with Crippen LogP contribution in [0, 0.1) is 6.92 Å². The number of carbonyl (C=O) groups excluding carboxylic acids is 2. The molecule has 3 rings (SSSR count). The standard InChI is InChI=1S/C25H28O4/c1-18-13-15-19(16-14-18)29-17-9-5-3-2-4-6-12-22-23(26)20-10-7-8-11-21(20)24(27)25(22)28/h7-8,10-11,13-16,28H,2-6,9,12,17H2,1H3. The third-order valence-corrected chi connectivity index (χ3v) is 5.30. The zero-order valence-electron chi connectivity index (χ0n) is 16.9. The lowest BCUT2D eigenvalue weighted by Gasteiger charge is -2.17. The average Bonchev–Trinajstić information content (AvgIpc) is 2.74. The largest absolute Gasteiger partial charge is 0.504 e. The SMILES string of the molecule is Cc1ccc(OCCCCCCCCC2=C(O)C(=O)c3ccccc3C2=O)cc1. The Kier molecular flexibility index (Phi) is 7.23. The minimum atomic E-state index is -0.441. The number of aliphatic hydroxyl groups excluding tert-OH is 1. The lowest BCUT2D eigenvalue weighted by atomic mass is 9.86. The summed E-state index contributed by atoms with van der Waals surface area (Å²) < 4.78 is 5.73. The van der Waals surface area contributed by atoms with Crippen LogP contribution in [0.4, 0.5) is 0 Å². The number of allylic oxidation sites excluding steroid dienone is 2. The van der Waals surface area contributed by atoms with E-state index < -0.39 is 5.78 Å². The van der Waals surface area contributed by atoms with Gasteiger partial charge in [0.25, 0.3) is 0 Å². The van der Waals surface area contributed by atoms with Gasteiger partial charge in [0.1, 0.15) is 5.75 Å². The lowest BCUT2D eigenvalue weighted by Crippen LogP contribution is -2.22. The van der Waals surface area contributed by atoms with Crippen molar-refractivity contribution in [2.24, 2.45) is 0 Å². The Morgan fingerprint density at radius 1 is 0.759 bits per heavy atom. The van der Waals surface area contributed by atoms with Crippen LogP contribution in [0.1, 0.15) is 71.2 Å². The summed E-state index contributed by atoms with van der Waals surface area (Å²) in [4.78, 5) is 24.8. The monoisotopic (exact) mass is 392 g/mol. The topological polar surface area (TPSA) is 63.6 Å². The molecule has 0 aromatic heterocycles. The van der Waals surface area contributed by atoms with Gasteiger partial charge in [-0.25, -0.2) is 0 Å². The number of fused-ring (bicyclic) bond motifs is 1. The number of carbonyl (C=O) groups is 2. The molecule has 0 atom stereocenters. The second kappa shape index (κ2) is 10.1. The number of unbranched alkanes of at least 4 members (excludes halogenated alkanes) is 5. The van der Waals surface area contributed by atoms with E-state index in [0.717, 1.165) is 50.9 Å². The van der Waals surface area contributed by atoms with Gasteiger partial charge in [-0.15, -0.1) is 0 Å². The van der Waals surface area contributed by atoms with Crippen molar-refractivity contribution in [3.05, 3.63) is 76.6 Å². The van der Waals surface area contributed by atoms with Crippen LogP contribution in [0.15, 0.2) is 59.9 Å². The smallest absolute Gasteiger partial charge is 0.228 e. The molecule has 0 heterocycles. The number of hydrogen-bond acceptors (Lipinski definition) is 4. The molecule has 0 spiro atoms. The predicted octanol–water partition coefficient (Wildman–Crippen LogP) is 6.00. The molecular formula is C25H28O4. The Balaban J connectivity index is 1.32.